The van der Waals surface area contributed by atoms with E-state index in [-0.39, 0.29) is 0 Å². The standard InChI is InChI=1S/C13H21ClN4/c1-2-3-8-18(10-4-5-10)9-12-11(14)6-7-13(16-12)17-15/h6-7,10H,2-5,8-9,15H2,1H3,(H,16,17). The number of hydrazine groups is 1. The van der Waals surface area contributed by atoms with Gasteiger partial charge in [-0.05, 0) is 37.9 Å². The highest BCUT2D eigenvalue weighted by atomic mass is 35.5. The summed E-state index contributed by atoms with van der Waals surface area (Å²) in [5, 5.41) is 0.719. The summed E-state index contributed by atoms with van der Waals surface area (Å²) < 4.78 is 0. The van der Waals surface area contributed by atoms with Crippen molar-refractivity contribution in [3.63, 3.8) is 0 Å². The highest BCUT2D eigenvalue weighted by Crippen LogP contribution is 2.29. The van der Waals surface area contributed by atoms with Crippen LogP contribution >= 0.6 is 11.6 Å². The zero-order chi connectivity index (χ0) is 13.0. The van der Waals surface area contributed by atoms with E-state index in [4.69, 9.17) is 17.4 Å². The molecule has 0 aromatic carbocycles. The summed E-state index contributed by atoms with van der Waals surface area (Å²) in [6, 6.07) is 4.37. The maximum absolute atomic E-state index is 6.20. The fraction of sp³-hybridized carbons (Fsp3) is 0.615. The van der Waals surface area contributed by atoms with Gasteiger partial charge in [0, 0.05) is 12.6 Å². The number of nitrogen functional groups attached to an aromatic ring is 1. The molecule has 0 amide bonds. The summed E-state index contributed by atoms with van der Waals surface area (Å²) in [5.74, 6) is 6.05. The van der Waals surface area contributed by atoms with Crippen LogP contribution < -0.4 is 11.3 Å². The predicted molar refractivity (Wildman–Crippen MR) is 75.4 cm³/mol. The molecular weight excluding hydrogens is 248 g/mol. The van der Waals surface area contributed by atoms with E-state index in [0.717, 1.165) is 29.8 Å². The van der Waals surface area contributed by atoms with Gasteiger partial charge in [0.2, 0.25) is 0 Å². The van der Waals surface area contributed by atoms with Crippen LogP contribution in [0.5, 0.6) is 0 Å². The van der Waals surface area contributed by atoms with Gasteiger partial charge in [-0.25, -0.2) is 10.8 Å². The molecule has 1 aliphatic rings. The van der Waals surface area contributed by atoms with Crippen molar-refractivity contribution < 1.29 is 0 Å². The highest BCUT2D eigenvalue weighted by molar-refractivity contribution is 6.31. The quantitative estimate of drug-likeness (QED) is 0.590. The summed E-state index contributed by atoms with van der Waals surface area (Å²) in [4.78, 5) is 6.92. The molecule has 0 saturated heterocycles. The number of nitrogens with two attached hydrogens (primary N) is 1. The molecule has 1 aliphatic carbocycles. The van der Waals surface area contributed by atoms with Crippen LogP contribution in [0.15, 0.2) is 12.1 Å². The summed E-state index contributed by atoms with van der Waals surface area (Å²) in [6.07, 6.45) is 5.05. The number of halogens is 1. The number of hydrogen-bond donors (Lipinski definition) is 2. The second kappa shape index (κ2) is 6.36. The van der Waals surface area contributed by atoms with Gasteiger partial charge in [0.25, 0.3) is 0 Å². The molecule has 0 atom stereocenters. The average molecular weight is 269 g/mol. The minimum absolute atomic E-state index is 0.667. The van der Waals surface area contributed by atoms with Crippen molar-refractivity contribution in [2.75, 3.05) is 12.0 Å². The highest BCUT2D eigenvalue weighted by Gasteiger charge is 2.29. The van der Waals surface area contributed by atoms with Crippen molar-refractivity contribution in [3.8, 4) is 0 Å². The number of rotatable bonds is 7. The molecule has 5 heteroatoms. The lowest BCUT2D eigenvalue weighted by atomic mass is 10.2. The molecule has 2 rings (SSSR count). The fourth-order valence-electron chi connectivity index (χ4n) is 2.06. The molecule has 0 spiro atoms. The van der Waals surface area contributed by atoms with E-state index in [1.807, 2.05) is 6.07 Å². The number of hydrogen-bond acceptors (Lipinski definition) is 4. The van der Waals surface area contributed by atoms with Crippen LogP contribution in [-0.4, -0.2) is 22.5 Å². The topological polar surface area (TPSA) is 54.2 Å². The molecule has 1 aromatic heterocycles. The second-order valence-electron chi connectivity index (χ2n) is 4.82. The molecule has 0 unspecified atom stereocenters. The molecule has 3 N–H and O–H groups in total. The number of anilines is 1. The van der Waals surface area contributed by atoms with E-state index >= 15 is 0 Å². The van der Waals surface area contributed by atoms with E-state index < -0.39 is 0 Å². The van der Waals surface area contributed by atoms with Gasteiger partial charge in [0.15, 0.2) is 0 Å². The van der Waals surface area contributed by atoms with Gasteiger partial charge in [0.05, 0.1) is 10.7 Å². The number of pyridine rings is 1. The van der Waals surface area contributed by atoms with Crippen molar-refractivity contribution in [1.82, 2.24) is 9.88 Å². The molecule has 100 valence electrons. The summed E-state index contributed by atoms with van der Waals surface area (Å²) >= 11 is 6.20. The Labute approximate surface area is 113 Å². The lowest BCUT2D eigenvalue weighted by Crippen LogP contribution is -2.27. The third kappa shape index (κ3) is 3.57. The van der Waals surface area contributed by atoms with Crippen molar-refractivity contribution in [2.24, 2.45) is 5.84 Å². The smallest absolute Gasteiger partial charge is 0.140 e. The first-order valence-corrected chi connectivity index (χ1v) is 6.98. The zero-order valence-electron chi connectivity index (χ0n) is 10.8. The molecular formula is C13H21ClN4. The molecule has 0 aliphatic heterocycles. The molecule has 0 radical (unpaired) electrons. The Kier molecular flexibility index (Phi) is 4.80. The summed E-state index contributed by atoms with van der Waals surface area (Å²) in [5.41, 5.74) is 3.48. The molecule has 1 heterocycles. The number of nitrogens with zero attached hydrogens (tertiary/aromatic N) is 2. The third-order valence-electron chi connectivity index (χ3n) is 3.28. The maximum atomic E-state index is 6.20. The largest absolute Gasteiger partial charge is 0.308 e. The maximum Gasteiger partial charge on any atom is 0.140 e. The Bertz CT molecular complexity index is 393. The molecule has 18 heavy (non-hydrogen) atoms. The van der Waals surface area contributed by atoms with E-state index in [0.29, 0.717) is 5.82 Å². The lowest BCUT2D eigenvalue weighted by Gasteiger charge is -2.22. The van der Waals surface area contributed by atoms with Crippen molar-refractivity contribution in [1.29, 1.82) is 0 Å². The van der Waals surface area contributed by atoms with Gasteiger partial charge in [-0.2, -0.15) is 0 Å². The van der Waals surface area contributed by atoms with E-state index in [9.17, 15) is 0 Å². The van der Waals surface area contributed by atoms with Crippen LogP contribution in [0.2, 0.25) is 5.02 Å². The monoisotopic (exact) mass is 268 g/mol. The number of nitrogens with one attached hydrogen (secondary N) is 1. The average Bonchev–Trinajstić information content (AvgIpc) is 3.21. The fourth-order valence-corrected chi connectivity index (χ4v) is 2.22. The van der Waals surface area contributed by atoms with Crippen LogP contribution in [0, 0.1) is 0 Å². The molecule has 4 nitrogen and oxygen atoms in total. The van der Waals surface area contributed by atoms with Crippen LogP contribution in [0.3, 0.4) is 0 Å². The van der Waals surface area contributed by atoms with Gasteiger partial charge in [-0.3, -0.25) is 4.90 Å². The van der Waals surface area contributed by atoms with E-state index in [2.05, 4.69) is 22.2 Å². The van der Waals surface area contributed by atoms with Crippen LogP contribution in [0.1, 0.15) is 38.3 Å². The Morgan fingerprint density at radius 3 is 2.89 bits per heavy atom. The Morgan fingerprint density at radius 1 is 1.50 bits per heavy atom. The Balaban J connectivity index is 2.05. The van der Waals surface area contributed by atoms with Crippen LogP contribution in [-0.2, 0) is 6.54 Å². The van der Waals surface area contributed by atoms with E-state index in [1.54, 1.807) is 6.07 Å². The number of aromatic nitrogens is 1. The lowest BCUT2D eigenvalue weighted by molar-refractivity contribution is 0.248. The van der Waals surface area contributed by atoms with Crippen LogP contribution in [0.25, 0.3) is 0 Å². The SMILES string of the molecule is CCCCN(Cc1nc(NN)ccc1Cl)C1CC1. The Morgan fingerprint density at radius 2 is 2.28 bits per heavy atom. The number of unbranched alkanes of at least 4 members (excludes halogenated alkanes) is 1. The molecule has 0 bridgehead atoms. The second-order valence-corrected chi connectivity index (χ2v) is 5.23. The van der Waals surface area contributed by atoms with Crippen molar-refractivity contribution >= 4 is 17.4 Å². The Hall–Kier alpha value is -0.840. The predicted octanol–water partition coefficient (Wildman–Crippen LogP) is 2.79. The van der Waals surface area contributed by atoms with Gasteiger partial charge in [-0.1, -0.05) is 24.9 Å². The van der Waals surface area contributed by atoms with Crippen molar-refractivity contribution in [3.05, 3.63) is 22.8 Å². The molecule has 1 saturated carbocycles. The third-order valence-corrected chi connectivity index (χ3v) is 3.63. The minimum atomic E-state index is 0.667. The first-order chi connectivity index (χ1) is 8.74. The van der Waals surface area contributed by atoms with Crippen LogP contribution in [0.4, 0.5) is 5.82 Å². The normalized spacial score (nSPS) is 15.1. The van der Waals surface area contributed by atoms with Gasteiger partial charge in [-0.15, -0.1) is 0 Å². The molecule has 1 fully saturated rings. The molecule has 1 aromatic rings. The van der Waals surface area contributed by atoms with E-state index in [1.165, 1.54) is 25.7 Å². The van der Waals surface area contributed by atoms with Gasteiger partial charge in [0.1, 0.15) is 5.82 Å². The first kappa shape index (κ1) is 13.6. The summed E-state index contributed by atoms with van der Waals surface area (Å²) in [6.45, 7) is 4.16. The van der Waals surface area contributed by atoms with Gasteiger partial charge < -0.3 is 5.43 Å². The first-order valence-electron chi connectivity index (χ1n) is 6.60. The van der Waals surface area contributed by atoms with Crippen molar-refractivity contribution in [2.45, 2.75) is 45.2 Å². The van der Waals surface area contributed by atoms with Gasteiger partial charge >= 0.3 is 0 Å². The summed E-state index contributed by atoms with van der Waals surface area (Å²) in [7, 11) is 0. The zero-order valence-corrected chi connectivity index (χ0v) is 11.6. The minimum Gasteiger partial charge on any atom is -0.308 e.